The van der Waals surface area contributed by atoms with E-state index in [2.05, 4.69) is 19.8 Å². The third-order valence-corrected chi connectivity index (χ3v) is 5.29. The highest BCUT2D eigenvalue weighted by molar-refractivity contribution is 6.01. The summed E-state index contributed by atoms with van der Waals surface area (Å²) in [4.78, 5) is 28.7. The van der Waals surface area contributed by atoms with Gasteiger partial charge >= 0.3 is 5.76 Å². The second-order valence-corrected chi connectivity index (χ2v) is 7.14. The van der Waals surface area contributed by atoms with Crippen LogP contribution in [0.1, 0.15) is 29.6 Å². The largest absolute Gasteiger partial charge is 0.439 e. The number of likely N-dealkylation sites (tertiary alicyclic amines) is 1. The lowest BCUT2D eigenvalue weighted by molar-refractivity contribution is 0.0726. The molecule has 4 heterocycles. The number of nitrogens with one attached hydrogen (secondary N) is 1. The van der Waals surface area contributed by atoms with Crippen LogP contribution in [0.15, 0.2) is 58.0 Å². The molecular formula is C21H19N5O3. The number of hydrogen-bond donors (Lipinski definition) is 1. The van der Waals surface area contributed by atoms with Gasteiger partial charge in [0.2, 0.25) is 0 Å². The van der Waals surface area contributed by atoms with Crippen LogP contribution in [0, 0.1) is 0 Å². The summed E-state index contributed by atoms with van der Waals surface area (Å²) in [5.41, 5.74) is 3.84. The zero-order valence-electron chi connectivity index (χ0n) is 15.7. The summed E-state index contributed by atoms with van der Waals surface area (Å²) in [7, 11) is 0. The maximum absolute atomic E-state index is 13.0. The normalized spacial score (nSPS) is 14.4. The molecule has 1 aliphatic rings. The van der Waals surface area contributed by atoms with Gasteiger partial charge in [0.1, 0.15) is 0 Å². The number of piperidine rings is 1. The molecule has 0 saturated carbocycles. The predicted molar refractivity (Wildman–Crippen MR) is 107 cm³/mol. The molecule has 0 bridgehead atoms. The number of amides is 1. The van der Waals surface area contributed by atoms with Crippen molar-refractivity contribution >= 4 is 11.4 Å². The zero-order valence-corrected chi connectivity index (χ0v) is 15.7. The van der Waals surface area contributed by atoms with E-state index in [1.165, 1.54) is 6.42 Å². The van der Waals surface area contributed by atoms with E-state index in [1.54, 1.807) is 10.7 Å². The van der Waals surface area contributed by atoms with Gasteiger partial charge in [0.15, 0.2) is 5.82 Å². The molecule has 0 unspecified atom stereocenters. The minimum atomic E-state index is -0.597. The Labute approximate surface area is 165 Å². The Bertz CT molecular complexity index is 1250. The Morgan fingerprint density at radius 3 is 2.62 bits per heavy atom. The molecule has 1 N–H and O–H groups in total. The second kappa shape index (κ2) is 7.05. The molecule has 3 aromatic heterocycles. The topological polar surface area (TPSA) is 96.5 Å². The number of carbonyl (C=O) groups is 1. The van der Waals surface area contributed by atoms with Crippen LogP contribution < -0.4 is 5.76 Å². The van der Waals surface area contributed by atoms with Crippen molar-refractivity contribution in [2.75, 3.05) is 13.1 Å². The molecule has 5 rings (SSSR count). The van der Waals surface area contributed by atoms with Gasteiger partial charge in [-0.25, -0.2) is 9.31 Å². The van der Waals surface area contributed by atoms with Gasteiger partial charge in [-0.1, -0.05) is 29.4 Å². The molecule has 1 fully saturated rings. The minimum Gasteiger partial charge on any atom is -0.339 e. The summed E-state index contributed by atoms with van der Waals surface area (Å²) < 4.78 is 6.38. The average molecular weight is 389 g/mol. The molecule has 4 aromatic rings. The lowest BCUT2D eigenvalue weighted by Crippen LogP contribution is -2.35. The molecule has 1 saturated heterocycles. The highest BCUT2D eigenvalue weighted by atomic mass is 16.5. The highest BCUT2D eigenvalue weighted by Gasteiger charge is 2.22. The van der Waals surface area contributed by atoms with Crippen LogP contribution in [0.2, 0.25) is 0 Å². The van der Waals surface area contributed by atoms with Crippen molar-refractivity contribution in [3.05, 3.63) is 64.8 Å². The van der Waals surface area contributed by atoms with Gasteiger partial charge in [0.05, 0.1) is 23.0 Å². The monoisotopic (exact) mass is 389 g/mol. The quantitative estimate of drug-likeness (QED) is 0.581. The summed E-state index contributed by atoms with van der Waals surface area (Å²) in [6, 6.07) is 13.3. The third-order valence-electron chi connectivity index (χ3n) is 5.29. The van der Waals surface area contributed by atoms with Crippen molar-refractivity contribution in [3.8, 4) is 22.6 Å². The number of fused-ring (bicyclic) bond motifs is 1. The Morgan fingerprint density at radius 1 is 1.03 bits per heavy atom. The van der Waals surface area contributed by atoms with Crippen molar-refractivity contribution in [1.29, 1.82) is 0 Å². The lowest BCUT2D eigenvalue weighted by atomic mass is 10.1. The number of aromatic amines is 1. The van der Waals surface area contributed by atoms with Crippen LogP contribution in [0.5, 0.6) is 0 Å². The van der Waals surface area contributed by atoms with Gasteiger partial charge in [0, 0.05) is 24.2 Å². The van der Waals surface area contributed by atoms with E-state index in [0.29, 0.717) is 11.4 Å². The minimum absolute atomic E-state index is 0.0331. The maximum atomic E-state index is 13.0. The fourth-order valence-electron chi connectivity index (χ4n) is 3.84. The fourth-order valence-corrected chi connectivity index (χ4v) is 3.84. The number of H-pyrrole nitrogens is 1. The van der Waals surface area contributed by atoms with Crippen LogP contribution in [0.4, 0.5) is 0 Å². The van der Waals surface area contributed by atoms with Crippen LogP contribution >= 0.6 is 0 Å². The smallest absolute Gasteiger partial charge is 0.339 e. The Morgan fingerprint density at radius 2 is 1.83 bits per heavy atom. The molecule has 8 heteroatoms. The number of carbonyl (C=O) groups excluding carboxylic acids is 1. The first-order valence-corrected chi connectivity index (χ1v) is 9.63. The average Bonchev–Trinajstić information content (AvgIpc) is 3.40. The zero-order chi connectivity index (χ0) is 19.8. The maximum Gasteiger partial charge on any atom is 0.439 e. The first-order chi connectivity index (χ1) is 14.2. The number of benzene rings is 1. The van der Waals surface area contributed by atoms with E-state index in [-0.39, 0.29) is 5.91 Å². The molecule has 0 radical (unpaired) electrons. The van der Waals surface area contributed by atoms with E-state index in [9.17, 15) is 9.59 Å². The Hall–Kier alpha value is -3.68. The van der Waals surface area contributed by atoms with Crippen LogP contribution in [-0.2, 0) is 0 Å². The predicted octanol–water partition coefficient (Wildman–Crippen LogP) is 2.97. The van der Waals surface area contributed by atoms with E-state index >= 15 is 0 Å². The first kappa shape index (κ1) is 17.4. The highest BCUT2D eigenvalue weighted by Crippen LogP contribution is 2.26. The number of rotatable bonds is 3. The summed E-state index contributed by atoms with van der Waals surface area (Å²) >= 11 is 0. The van der Waals surface area contributed by atoms with Gasteiger partial charge in [-0.15, -0.1) is 0 Å². The van der Waals surface area contributed by atoms with Crippen LogP contribution in [0.25, 0.3) is 28.2 Å². The van der Waals surface area contributed by atoms with Crippen molar-refractivity contribution in [3.63, 3.8) is 0 Å². The van der Waals surface area contributed by atoms with Crippen LogP contribution in [0.3, 0.4) is 0 Å². The molecule has 0 atom stereocenters. The number of hydrogen-bond acceptors (Lipinski definition) is 5. The molecule has 8 nitrogen and oxygen atoms in total. The fraction of sp³-hybridized carbons (Fsp3) is 0.238. The summed E-state index contributed by atoms with van der Waals surface area (Å²) in [6.07, 6.45) is 4.92. The van der Waals surface area contributed by atoms with E-state index in [0.717, 1.165) is 48.3 Å². The second-order valence-electron chi connectivity index (χ2n) is 7.14. The van der Waals surface area contributed by atoms with Crippen molar-refractivity contribution in [2.24, 2.45) is 0 Å². The van der Waals surface area contributed by atoms with Crippen molar-refractivity contribution < 1.29 is 9.32 Å². The summed E-state index contributed by atoms with van der Waals surface area (Å²) in [5.74, 6) is -0.198. The number of aromatic nitrogens is 4. The summed E-state index contributed by atoms with van der Waals surface area (Å²) in [5, 5.41) is 8.24. The van der Waals surface area contributed by atoms with Gasteiger partial charge in [-0.2, -0.15) is 5.10 Å². The number of pyridine rings is 1. The van der Waals surface area contributed by atoms with Crippen molar-refractivity contribution in [2.45, 2.75) is 19.3 Å². The molecule has 1 aromatic carbocycles. The van der Waals surface area contributed by atoms with Gasteiger partial charge in [-0.3, -0.25) is 14.3 Å². The molecule has 0 spiro atoms. The van der Waals surface area contributed by atoms with Crippen LogP contribution in [-0.4, -0.2) is 43.7 Å². The molecule has 29 heavy (non-hydrogen) atoms. The van der Waals surface area contributed by atoms with Gasteiger partial charge < -0.3 is 4.90 Å². The lowest BCUT2D eigenvalue weighted by Gasteiger charge is -2.26. The molecule has 1 amide bonds. The van der Waals surface area contributed by atoms with Crippen molar-refractivity contribution in [1.82, 2.24) is 24.7 Å². The van der Waals surface area contributed by atoms with E-state index < -0.39 is 5.76 Å². The number of nitrogens with zero attached hydrogens (tertiary/aromatic N) is 4. The van der Waals surface area contributed by atoms with E-state index in [4.69, 9.17) is 0 Å². The molecule has 146 valence electrons. The first-order valence-electron chi connectivity index (χ1n) is 9.63. The standard InChI is InChI=1S/C21H19N5O3/c27-20(25-10-2-1-3-11-25)16-13-22-26-17(8-5-9-18(16)26)14-6-4-7-15(12-14)19-23-21(28)29-24-19/h4-9,12-13H,1-3,10-11H2,(H,23,24,28). The molecular weight excluding hydrogens is 370 g/mol. The third kappa shape index (κ3) is 3.12. The van der Waals surface area contributed by atoms with Gasteiger partial charge in [-0.05, 0) is 37.5 Å². The van der Waals surface area contributed by atoms with Gasteiger partial charge in [0.25, 0.3) is 5.91 Å². The van der Waals surface area contributed by atoms with E-state index in [1.807, 2.05) is 47.4 Å². The Balaban J connectivity index is 1.56. The summed E-state index contributed by atoms with van der Waals surface area (Å²) in [6.45, 7) is 1.60. The molecule has 1 aliphatic heterocycles. The SMILES string of the molecule is O=C(c1cnn2c(-c3cccc(-c4noc(=O)[nH]4)c3)cccc12)N1CCCCC1. The molecule has 0 aliphatic carbocycles. The Kier molecular flexibility index (Phi) is 4.23.